The van der Waals surface area contributed by atoms with E-state index in [1.807, 2.05) is 31.2 Å². The molecule has 1 aliphatic rings. The molecule has 0 aliphatic heterocycles. The average molecular weight is 382 g/mol. The fourth-order valence-corrected chi connectivity index (χ4v) is 3.85. The van der Waals surface area contributed by atoms with Gasteiger partial charge < -0.3 is 14.7 Å². The lowest BCUT2D eigenvalue weighted by Crippen LogP contribution is -2.30. The molecule has 1 aromatic carbocycles. The molecule has 0 fully saturated rings. The second kappa shape index (κ2) is 7.62. The van der Waals surface area contributed by atoms with Gasteiger partial charge in [0, 0.05) is 11.1 Å². The molecule has 6 heteroatoms. The van der Waals surface area contributed by atoms with Crippen molar-refractivity contribution in [2.24, 2.45) is 10.6 Å². The third-order valence-corrected chi connectivity index (χ3v) is 5.01. The molecule has 0 atom stereocenters. The van der Waals surface area contributed by atoms with Crippen molar-refractivity contribution >= 4 is 11.7 Å². The molecule has 1 aromatic heterocycles. The van der Waals surface area contributed by atoms with Gasteiger partial charge in [-0.3, -0.25) is 4.98 Å². The molecule has 0 amide bonds. The van der Waals surface area contributed by atoms with Gasteiger partial charge in [0.15, 0.2) is 0 Å². The molecule has 6 nitrogen and oxygen atoms in total. The lowest BCUT2D eigenvalue weighted by atomic mass is 9.73. The highest BCUT2D eigenvalue weighted by atomic mass is 16.5. The number of fused-ring (bicyclic) bond motifs is 1. The van der Waals surface area contributed by atoms with Crippen LogP contribution in [0.2, 0.25) is 0 Å². The molecule has 0 saturated heterocycles. The van der Waals surface area contributed by atoms with E-state index >= 15 is 0 Å². The highest BCUT2D eigenvalue weighted by Gasteiger charge is 2.36. The number of rotatable bonds is 4. The topological polar surface area (TPSA) is 81.0 Å². The SMILES string of the molecule is CCOC(=O)c1c(C)nc2c(c1-c1ccc(OC)cc1)C(=NO)CC(C)(C)C2. The second-order valence-corrected chi connectivity index (χ2v) is 7.78. The minimum absolute atomic E-state index is 0.0867. The first kappa shape index (κ1) is 19.9. The van der Waals surface area contributed by atoms with Crippen molar-refractivity contribution in [2.75, 3.05) is 13.7 Å². The highest BCUT2D eigenvalue weighted by molar-refractivity contribution is 6.12. The van der Waals surface area contributed by atoms with E-state index in [-0.39, 0.29) is 12.0 Å². The van der Waals surface area contributed by atoms with E-state index in [1.54, 1.807) is 14.0 Å². The molecule has 1 aliphatic carbocycles. The van der Waals surface area contributed by atoms with Crippen molar-refractivity contribution in [1.82, 2.24) is 4.98 Å². The number of carbonyl (C=O) groups excluding carboxylic acids is 1. The number of nitrogens with zero attached hydrogens (tertiary/aromatic N) is 2. The third kappa shape index (κ3) is 3.59. The van der Waals surface area contributed by atoms with Gasteiger partial charge >= 0.3 is 5.97 Å². The predicted molar refractivity (Wildman–Crippen MR) is 107 cm³/mol. The van der Waals surface area contributed by atoms with Crippen molar-refractivity contribution in [3.63, 3.8) is 0 Å². The van der Waals surface area contributed by atoms with Crippen LogP contribution in [0.5, 0.6) is 5.75 Å². The van der Waals surface area contributed by atoms with E-state index in [2.05, 4.69) is 19.0 Å². The molecule has 0 spiro atoms. The summed E-state index contributed by atoms with van der Waals surface area (Å²) in [5, 5.41) is 13.3. The molecule has 2 aromatic rings. The monoisotopic (exact) mass is 382 g/mol. The van der Waals surface area contributed by atoms with Crippen LogP contribution in [0.15, 0.2) is 29.4 Å². The number of aryl methyl sites for hydroxylation is 1. The Labute approximate surface area is 165 Å². The van der Waals surface area contributed by atoms with Crippen LogP contribution in [0.4, 0.5) is 0 Å². The first-order valence-electron chi connectivity index (χ1n) is 9.37. The number of carbonyl (C=O) groups is 1. The maximum absolute atomic E-state index is 12.8. The van der Waals surface area contributed by atoms with Gasteiger partial charge in [0.25, 0.3) is 0 Å². The summed E-state index contributed by atoms with van der Waals surface area (Å²) in [7, 11) is 1.61. The van der Waals surface area contributed by atoms with Crippen molar-refractivity contribution < 1.29 is 19.5 Å². The van der Waals surface area contributed by atoms with Crippen LogP contribution in [0.25, 0.3) is 11.1 Å². The Morgan fingerprint density at radius 3 is 2.46 bits per heavy atom. The number of hydrogen-bond donors (Lipinski definition) is 1. The number of pyridine rings is 1. The van der Waals surface area contributed by atoms with Crippen LogP contribution >= 0.6 is 0 Å². The minimum Gasteiger partial charge on any atom is -0.497 e. The maximum Gasteiger partial charge on any atom is 0.340 e. The molecule has 0 radical (unpaired) electrons. The Kier molecular flexibility index (Phi) is 5.40. The standard InChI is InChI=1S/C22H26N2O4/c1-6-28-21(25)18-13(2)23-16-11-22(3,4)12-17(24-26)20(16)19(18)14-7-9-15(27-5)10-8-14/h7-10,26H,6,11-12H2,1-5H3. The Morgan fingerprint density at radius 1 is 1.21 bits per heavy atom. The summed E-state index contributed by atoms with van der Waals surface area (Å²) in [5.74, 6) is 0.293. The molecule has 0 saturated carbocycles. The summed E-state index contributed by atoms with van der Waals surface area (Å²) in [5.41, 5.74) is 4.55. The lowest BCUT2D eigenvalue weighted by molar-refractivity contribution is 0.0526. The van der Waals surface area contributed by atoms with Crippen LogP contribution in [-0.2, 0) is 11.2 Å². The van der Waals surface area contributed by atoms with Crippen molar-refractivity contribution in [3.05, 3.63) is 46.8 Å². The zero-order chi connectivity index (χ0) is 20.5. The molecule has 0 unspecified atom stereocenters. The van der Waals surface area contributed by atoms with Gasteiger partial charge in [-0.2, -0.15) is 0 Å². The van der Waals surface area contributed by atoms with Gasteiger partial charge in [0.05, 0.1) is 36.4 Å². The normalized spacial score (nSPS) is 16.5. The molecule has 148 valence electrons. The van der Waals surface area contributed by atoms with E-state index in [9.17, 15) is 10.0 Å². The van der Waals surface area contributed by atoms with Crippen molar-refractivity contribution in [3.8, 4) is 16.9 Å². The smallest absolute Gasteiger partial charge is 0.340 e. The summed E-state index contributed by atoms with van der Waals surface area (Å²) in [4.78, 5) is 17.5. The van der Waals surface area contributed by atoms with Gasteiger partial charge in [0.1, 0.15) is 5.75 Å². The quantitative estimate of drug-likeness (QED) is 0.482. The van der Waals surface area contributed by atoms with E-state index in [0.717, 1.165) is 29.0 Å². The summed E-state index contributed by atoms with van der Waals surface area (Å²) in [6, 6.07) is 7.47. The van der Waals surface area contributed by atoms with Crippen molar-refractivity contribution in [2.45, 2.75) is 40.5 Å². The van der Waals surface area contributed by atoms with Gasteiger partial charge in [0.2, 0.25) is 0 Å². The highest BCUT2D eigenvalue weighted by Crippen LogP contribution is 2.41. The number of ether oxygens (including phenoxy) is 2. The molecule has 0 bridgehead atoms. The van der Waals surface area contributed by atoms with Crippen LogP contribution in [0, 0.1) is 12.3 Å². The van der Waals surface area contributed by atoms with Gasteiger partial charge in [-0.05, 0) is 49.8 Å². The maximum atomic E-state index is 12.8. The Bertz CT molecular complexity index is 931. The number of oxime groups is 1. The first-order valence-corrected chi connectivity index (χ1v) is 9.37. The molecule has 3 rings (SSSR count). The number of aromatic nitrogens is 1. The van der Waals surface area contributed by atoms with E-state index in [0.29, 0.717) is 29.0 Å². The van der Waals surface area contributed by atoms with Crippen molar-refractivity contribution in [1.29, 1.82) is 0 Å². The van der Waals surface area contributed by atoms with Crippen LogP contribution < -0.4 is 4.74 Å². The van der Waals surface area contributed by atoms with Gasteiger partial charge in [-0.1, -0.05) is 31.1 Å². The molecular weight excluding hydrogens is 356 g/mol. The zero-order valence-corrected chi connectivity index (χ0v) is 17.0. The van der Waals surface area contributed by atoms with E-state index in [1.165, 1.54) is 0 Å². The number of hydrogen-bond acceptors (Lipinski definition) is 6. The molecule has 1 heterocycles. The van der Waals surface area contributed by atoms with Crippen LogP contribution in [0.3, 0.4) is 0 Å². The van der Waals surface area contributed by atoms with Gasteiger partial charge in [-0.15, -0.1) is 0 Å². The van der Waals surface area contributed by atoms with Crippen LogP contribution in [0.1, 0.15) is 54.5 Å². The second-order valence-electron chi connectivity index (χ2n) is 7.78. The van der Waals surface area contributed by atoms with Gasteiger partial charge in [-0.25, -0.2) is 4.79 Å². The largest absolute Gasteiger partial charge is 0.497 e. The Morgan fingerprint density at radius 2 is 1.89 bits per heavy atom. The fraction of sp³-hybridized carbons (Fsp3) is 0.409. The fourth-order valence-electron chi connectivity index (χ4n) is 3.85. The number of benzene rings is 1. The average Bonchev–Trinajstić information content (AvgIpc) is 2.65. The lowest BCUT2D eigenvalue weighted by Gasteiger charge is -2.33. The number of esters is 1. The predicted octanol–water partition coefficient (Wildman–Crippen LogP) is 4.39. The van der Waals surface area contributed by atoms with E-state index < -0.39 is 5.97 Å². The summed E-state index contributed by atoms with van der Waals surface area (Å²) < 4.78 is 10.6. The first-order chi connectivity index (χ1) is 13.3. The number of methoxy groups -OCH3 is 1. The molecular formula is C22H26N2O4. The zero-order valence-electron chi connectivity index (χ0n) is 17.0. The Balaban J connectivity index is 2.35. The third-order valence-electron chi connectivity index (χ3n) is 5.01. The molecule has 28 heavy (non-hydrogen) atoms. The Hall–Kier alpha value is -2.89. The van der Waals surface area contributed by atoms with E-state index in [4.69, 9.17) is 14.5 Å². The summed E-state index contributed by atoms with van der Waals surface area (Å²) >= 11 is 0. The van der Waals surface area contributed by atoms with Crippen LogP contribution in [-0.4, -0.2) is 35.6 Å². The summed E-state index contributed by atoms with van der Waals surface area (Å²) in [6.07, 6.45) is 1.32. The summed E-state index contributed by atoms with van der Waals surface area (Å²) in [6.45, 7) is 8.09. The molecule has 1 N–H and O–H groups in total. The minimum atomic E-state index is -0.428.